The third-order valence-corrected chi connectivity index (χ3v) is 3.87. The number of nitrogens with zero attached hydrogens (tertiary/aromatic N) is 2. The number of nitrogens with one attached hydrogen (secondary N) is 1. The summed E-state index contributed by atoms with van der Waals surface area (Å²) in [5.74, 6) is -0.606. The molecule has 2 rings (SSSR count). The summed E-state index contributed by atoms with van der Waals surface area (Å²) in [5, 5.41) is 2.83. The molecule has 1 atom stereocenters. The monoisotopic (exact) mass is 307 g/mol. The molecule has 7 heteroatoms. The van der Waals surface area contributed by atoms with Gasteiger partial charge in [0.05, 0.1) is 0 Å². The van der Waals surface area contributed by atoms with Gasteiger partial charge in [-0.15, -0.1) is 0 Å². The van der Waals surface area contributed by atoms with Gasteiger partial charge in [-0.05, 0) is 25.7 Å². The molecule has 20 heavy (non-hydrogen) atoms. The molecule has 1 heterocycles. The second-order valence-electron chi connectivity index (χ2n) is 5.23. The zero-order valence-electron chi connectivity index (χ0n) is 11.2. The van der Waals surface area contributed by atoms with Crippen molar-refractivity contribution in [3.63, 3.8) is 0 Å². The van der Waals surface area contributed by atoms with Crippen LogP contribution in [-0.4, -0.2) is 16.0 Å². The first-order valence-corrected chi connectivity index (χ1v) is 7.12. The van der Waals surface area contributed by atoms with E-state index in [9.17, 15) is 13.2 Å². The molecule has 112 valence electrons. The molecule has 0 saturated heterocycles. The van der Waals surface area contributed by atoms with Crippen LogP contribution in [0.3, 0.4) is 0 Å². The smallest absolute Gasteiger partial charge is 0.367 e. The van der Waals surface area contributed by atoms with Crippen LogP contribution in [-0.2, 0) is 6.18 Å². The summed E-state index contributed by atoms with van der Waals surface area (Å²) >= 11 is 5.63. The second kappa shape index (κ2) is 6.16. The Morgan fingerprint density at radius 1 is 1.25 bits per heavy atom. The predicted molar refractivity (Wildman–Crippen MR) is 71.7 cm³/mol. The Balaban J connectivity index is 2.10. The van der Waals surface area contributed by atoms with Crippen LogP contribution in [0, 0.1) is 5.92 Å². The van der Waals surface area contributed by atoms with Gasteiger partial charge in [0, 0.05) is 12.1 Å². The lowest BCUT2D eigenvalue weighted by atomic mass is 9.84. The van der Waals surface area contributed by atoms with Crippen LogP contribution in [0.1, 0.15) is 44.9 Å². The topological polar surface area (TPSA) is 37.8 Å². The summed E-state index contributed by atoms with van der Waals surface area (Å²) in [4.78, 5) is 6.72. The van der Waals surface area contributed by atoms with Crippen molar-refractivity contribution >= 4 is 17.4 Å². The lowest BCUT2D eigenvalue weighted by Gasteiger charge is -2.28. The minimum atomic E-state index is -4.59. The van der Waals surface area contributed by atoms with E-state index in [1.54, 1.807) is 0 Å². The van der Waals surface area contributed by atoms with E-state index < -0.39 is 12.0 Å². The zero-order valence-corrected chi connectivity index (χ0v) is 11.9. The maximum atomic E-state index is 12.6. The van der Waals surface area contributed by atoms with Gasteiger partial charge in [-0.3, -0.25) is 0 Å². The van der Waals surface area contributed by atoms with E-state index in [2.05, 4.69) is 15.3 Å². The van der Waals surface area contributed by atoms with Crippen molar-refractivity contribution in [3.8, 4) is 0 Å². The van der Waals surface area contributed by atoms with E-state index in [0.29, 0.717) is 5.92 Å². The van der Waals surface area contributed by atoms with E-state index >= 15 is 0 Å². The molecule has 1 aliphatic carbocycles. The molecule has 1 fully saturated rings. The van der Waals surface area contributed by atoms with Crippen molar-refractivity contribution in [1.29, 1.82) is 0 Å². The standard InChI is InChI=1S/C13H17ClF3N3/c1-8(9-5-3-2-4-6-9)18-11-7-10(14)19-12(20-11)13(15,16)17/h7-9H,2-6H2,1H3,(H,18,19,20). The number of hydrogen-bond donors (Lipinski definition) is 1. The Bertz CT molecular complexity index is 459. The van der Waals surface area contributed by atoms with Gasteiger partial charge in [0.1, 0.15) is 11.0 Å². The lowest BCUT2D eigenvalue weighted by molar-refractivity contribution is -0.144. The van der Waals surface area contributed by atoms with Crippen molar-refractivity contribution in [3.05, 3.63) is 17.0 Å². The Hall–Kier alpha value is -1.04. The minimum Gasteiger partial charge on any atom is -0.367 e. The normalized spacial score (nSPS) is 18.9. The van der Waals surface area contributed by atoms with Gasteiger partial charge in [-0.2, -0.15) is 13.2 Å². The number of halogens is 4. The Labute approximate surface area is 120 Å². The summed E-state index contributed by atoms with van der Waals surface area (Å²) in [7, 11) is 0. The molecule has 1 N–H and O–H groups in total. The molecule has 0 spiro atoms. The van der Waals surface area contributed by atoms with Gasteiger partial charge in [-0.25, -0.2) is 9.97 Å². The average molecular weight is 308 g/mol. The highest BCUT2D eigenvalue weighted by Crippen LogP contribution is 2.30. The highest BCUT2D eigenvalue weighted by Gasteiger charge is 2.35. The molecule has 0 aliphatic heterocycles. The average Bonchev–Trinajstić information content (AvgIpc) is 2.38. The molecule has 1 aromatic rings. The predicted octanol–water partition coefficient (Wildman–Crippen LogP) is 4.53. The molecule has 1 aromatic heterocycles. The molecule has 0 aromatic carbocycles. The third-order valence-electron chi connectivity index (χ3n) is 3.68. The van der Waals surface area contributed by atoms with Crippen LogP contribution in [0.5, 0.6) is 0 Å². The van der Waals surface area contributed by atoms with Crippen molar-refractivity contribution in [2.45, 2.75) is 51.2 Å². The number of hydrogen-bond acceptors (Lipinski definition) is 3. The first-order valence-electron chi connectivity index (χ1n) is 6.74. The summed E-state index contributed by atoms with van der Waals surface area (Å²) in [5.41, 5.74) is 0. The van der Waals surface area contributed by atoms with E-state index in [1.165, 1.54) is 25.3 Å². The Morgan fingerprint density at radius 3 is 2.50 bits per heavy atom. The second-order valence-corrected chi connectivity index (χ2v) is 5.62. The number of anilines is 1. The van der Waals surface area contributed by atoms with E-state index in [-0.39, 0.29) is 17.0 Å². The molecule has 1 aliphatic rings. The summed E-state index contributed by atoms with van der Waals surface area (Å²) in [6.45, 7) is 1.97. The van der Waals surface area contributed by atoms with Crippen LogP contribution < -0.4 is 5.32 Å². The first-order chi connectivity index (χ1) is 9.36. The molecule has 1 saturated carbocycles. The van der Waals surface area contributed by atoms with Crippen molar-refractivity contribution < 1.29 is 13.2 Å². The highest BCUT2D eigenvalue weighted by atomic mass is 35.5. The largest absolute Gasteiger partial charge is 0.451 e. The van der Waals surface area contributed by atoms with Gasteiger partial charge in [0.25, 0.3) is 0 Å². The van der Waals surface area contributed by atoms with E-state index in [0.717, 1.165) is 12.8 Å². The van der Waals surface area contributed by atoms with Crippen molar-refractivity contribution in [2.24, 2.45) is 5.92 Å². The lowest BCUT2D eigenvalue weighted by Crippen LogP contribution is -2.28. The highest BCUT2D eigenvalue weighted by molar-refractivity contribution is 6.29. The van der Waals surface area contributed by atoms with Gasteiger partial charge >= 0.3 is 6.18 Å². The number of aromatic nitrogens is 2. The van der Waals surface area contributed by atoms with E-state index in [1.807, 2.05) is 6.92 Å². The quantitative estimate of drug-likeness (QED) is 0.834. The van der Waals surface area contributed by atoms with Crippen LogP contribution in [0.4, 0.5) is 19.0 Å². The maximum Gasteiger partial charge on any atom is 0.451 e. The van der Waals surface area contributed by atoms with E-state index in [4.69, 9.17) is 11.6 Å². The summed E-state index contributed by atoms with van der Waals surface area (Å²) < 4.78 is 37.9. The summed E-state index contributed by atoms with van der Waals surface area (Å²) in [6, 6.07) is 1.40. The SMILES string of the molecule is CC(Nc1cc(Cl)nc(C(F)(F)F)n1)C1CCCCC1. The maximum absolute atomic E-state index is 12.6. The van der Waals surface area contributed by atoms with Crippen LogP contribution in [0.25, 0.3) is 0 Å². The van der Waals surface area contributed by atoms with Crippen molar-refractivity contribution in [2.75, 3.05) is 5.32 Å². The van der Waals surface area contributed by atoms with Crippen LogP contribution in [0.15, 0.2) is 6.07 Å². The van der Waals surface area contributed by atoms with Crippen molar-refractivity contribution in [1.82, 2.24) is 9.97 Å². The molecular formula is C13H17ClF3N3. The number of alkyl halides is 3. The van der Waals surface area contributed by atoms with Gasteiger partial charge < -0.3 is 5.32 Å². The number of rotatable bonds is 3. The van der Waals surface area contributed by atoms with Gasteiger partial charge in [0.15, 0.2) is 0 Å². The minimum absolute atomic E-state index is 0.0716. The third kappa shape index (κ3) is 3.98. The van der Waals surface area contributed by atoms with Gasteiger partial charge in [-0.1, -0.05) is 30.9 Å². The van der Waals surface area contributed by atoms with Crippen LogP contribution >= 0.6 is 11.6 Å². The fourth-order valence-electron chi connectivity index (χ4n) is 2.60. The zero-order chi connectivity index (χ0) is 14.8. The summed E-state index contributed by atoms with van der Waals surface area (Å²) in [6.07, 6.45) is 1.19. The Kier molecular flexibility index (Phi) is 4.73. The molecule has 1 unspecified atom stereocenters. The molecule has 0 radical (unpaired) electrons. The molecule has 0 amide bonds. The van der Waals surface area contributed by atoms with Gasteiger partial charge in [0.2, 0.25) is 5.82 Å². The Morgan fingerprint density at radius 2 is 1.90 bits per heavy atom. The molecule has 0 bridgehead atoms. The molecular weight excluding hydrogens is 291 g/mol. The fourth-order valence-corrected chi connectivity index (χ4v) is 2.79. The first kappa shape index (κ1) is 15.4. The molecule has 3 nitrogen and oxygen atoms in total. The fraction of sp³-hybridized carbons (Fsp3) is 0.692. The van der Waals surface area contributed by atoms with Crippen LogP contribution in [0.2, 0.25) is 5.15 Å².